The van der Waals surface area contributed by atoms with Crippen LogP contribution in [-0.2, 0) is 11.3 Å². The summed E-state index contributed by atoms with van der Waals surface area (Å²) in [5, 5.41) is 3.00. The van der Waals surface area contributed by atoms with Crippen LogP contribution in [0.5, 0.6) is 0 Å². The summed E-state index contributed by atoms with van der Waals surface area (Å²) >= 11 is 0. The van der Waals surface area contributed by atoms with Crippen molar-refractivity contribution in [1.29, 1.82) is 0 Å². The van der Waals surface area contributed by atoms with Crippen LogP contribution in [0.3, 0.4) is 0 Å². The zero-order valence-electron chi connectivity index (χ0n) is 7.78. The predicted octanol–water partition coefficient (Wildman–Crippen LogP) is 1.43. The minimum absolute atomic E-state index is 0.317. The van der Waals surface area contributed by atoms with E-state index in [1.54, 1.807) is 18.5 Å². The normalized spacial score (nSPS) is 12.9. The van der Waals surface area contributed by atoms with Gasteiger partial charge < -0.3 is 10.1 Å². The fraction of sp³-hybridized carbons (Fsp3) is 0.200. The second-order valence-electron chi connectivity index (χ2n) is 2.98. The highest BCUT2D eigenvalue weighted by Gasteiger charge is 2.10. The first-order chi connectivity index (χ1) is 6.81. The molecule has 0 radical (unpaired) electrons. The molecule has 1 N–H and O–H groups in total. The fourth-order valence-corrected chi connectivity index (χ4v) is 1.37. The molecule has 72 valence electrons. The third-order valence-corrected chi connectivity index (χ3v) is 2.10. The number of carbonyl (C=O) groups excluding carboxylic acids is 1. The van der Waals surface area contributed by atoms with E-state index in [0.29, 0.717) is 12.1 Å². The Balaban J connectivity index is 2.36. The highest BCUT2D eigenvalue weighted by atomic mass is 16.5. The number of rotatable bonds is 1. The molecule has 0 saturated carbocycles. The highest BCUT2D eigenvalue weighted by Crippen LogP contribution is 2.20. The van der Waals surface area contributed by atoms with E-state index in [9.17, 15) is 4.79 Å². The lowest BCUT2D eigenvalue weighted by Gasteiger charge is -2.12. The quantitative estimate of drug-likeness (QED) is 0.681. The van der Waals surface area contributed by atoms with Gasteiger partial charge in [0.15, 0.2) is 0 Å². The van der Waals surface area contributed by atoms with Gasteiger partial charge in [0.25, 0.3) is 0 Å². The number of hydrogen-bond donors (Lipinski definition) is 1. The number of hydrogen-bond acceptors (Lipinski definition) is 4. The van der Waals surface area contributed by atoms with E-state index in [4.69, 9.17) is 0 Å². The van der Waals surface area contributed by atoms with Crippen LogP contribution in [0.1, 0.15) is 15.9 Å². The van der Waals surface area contributed by atoms with Crippen molar-refractivity contribution >= 4 is 18.0 Å². The first-order valence-corrected chi connectivity index (χ1v) is 4.27. The number of benzene rings is 1. The molecule has 0 fully saturated rings. The Hall–Kier alpha value is -1.84. The molecule has 0 saturated heterocycles. The Labute approximate surface area is 81.6 Å². The molecule has 4 heteroatoms. The lowest BCUT2D eigenvalue weighted by Crippen LogP contribution is -2.08. The van der Waals surface area contributed by atoms with Crippen LogP contribution in [0.2, 0.25) is 0 Å². The smallest absolute Gasteiger partial charge is 0.337 e. The minimum Gasteiger partial charge on any atom is -0.465 e. The number of methoxy groups -OCH3 is 1. The predicted molar refractivity (Wildman–Crippen MR) is 53.6 cm³/mol. The largest absolute Gasteiger partial charge is 0.465 e. The summed E-state index contributed by atoms with van der Waals surface area (Å²) in [4.78, 5) is 15.3. The van der Waals surface area contributed by atoms with Gasteiger partial charge in [-0.15, -0.1) is 0 Å². The number of anilines is 1. The Kier molecular flexibility index (Phi) is 2.18. The van der Waals surface area contributed by atoms with Gasteiger partial charge in [-0.1, -0.05) is 0 Å². The zero-order valence-corrected chi connectivity index (χ0v) is 7.78. The molecular weight excluding hydrogens is 180 g/mol. The van der Waals surface area contributed by atoms with Crippen molar-refractivity contribution in [2.45, 2.75) is 6.54 Å². The van der Waals surface area contributed by atoms with Gasteiger partial charge in [-0.25, -0.2) is 4.79 Å². The zero-order chi connectivity index (χ0) is 9.97. The Morgan fingerprint density at radius 1 is 1.57 bits per heavy atom. The molecule has 0 amide bonds. The summed E-state index contributed by atoms with van der Waals surface area (Å²) < 4.78 is 4.63. The van der Waals surface area contributed by atoms with Crippen LogP contribution in [0.15, 0.2) is 23.2 Å². The lowest BCUT2D eigenvalue weighted by atomic mass is 10.1. The number of esters is 1. The second kappa shape index (κ2) is 3.49. The van der Waals surface area contributed by atoms with Crippen LogP contribution in [0.25, 0.3) is 0 Å². The van der Waals surface area contributed by atoms with Crippen LogP contribution < -0.4 is 5.32 Å². The maximum absolute atomic E-state index is 11.2. The SMILES string of the molecule is COC(=O)c1ccc2c(c1)CN=CN2. The standard InChI is InChI=1S/C10H10N2O2/c1-14-10(13)7-2-3-9-8(4-7)5-11-6-12-9/h2-4,6H,5H2,1H3,(H,11,12). The Morgan fingerprint density at radius 3 is 3.21 bits per heavy atom. The molecular formula is C10H10N2O2. The molecule has 1 heterocycles. The first-order valence-electron chi connectivity index (χ1n) is 4.27. The van der Waals surface area contributed by atoms with Crippen molar-refractivity contribution in [2.75, 3.05) is 12.4 Å². The molecule has 1 aliphatic rings. The van der Waals surface area contributed by atoms with Gasteiger partial charge in [-0.2, -0.15) is 0 Å². The van der Waals surface area contributed by atoms with Gasteiger partial charge in [-0.3, -0.25) is 4.99 Å². The Bertz CT molecular complexity index is 399. The molecule has 0 aliphatic carbocycles. The van der Waals surface area contributed by atoms with E-state index in [1.165, 1.54) is 7.11 Å². The average Bonchev–Trinajstić information content (AvgIpc) is 2.27. The van der Waals surface area contributed by atoms with E-state index >= 15 is 0 Å². The number of aliphatic imine (C=N–C) groups is 1. The number of carbonyl (C=O) groups is 1. The first kappa shape index (κ1) is 8.74. The minimum atomic E-state index is -0.317. The number of nitrogens with zero attached hydrogens (tertiary/aromatic N) is 1. The molecule has 1 aliphatic heterocycles. The van der Waals surface area contributed by atoms with Crippen molar-refractivity contribution in [3.05, 3.63) is 29.3 Å². The van der Waals surface area contributed by atoms with Gasteiger partial charge in [0, 0.05) is 5.69 Å². The van der Waals surface area contributed by atoms with Gasteiger partial charge in [0.2, 0.25) is 0 Å². The van der Waals surface area contributed by atoms with E-state index in [0.717, 1.165) is 11.3 Å². The summed E-state index contributed by atoms with van der Waals surface area (Å²) in [7, 11) is 1.37. The monoisotopic (exact) mass is 190 g/mol. The van der Waals surface area contributed by atoms with Gasteiger partial charge in [0.05, 0.1) is 25.6 Å². The molecule has 0 atom stereocenters. The van der Waals surface area contributed by atoms with E-state index in [2.05, 4.69) is 15.0 Å². The summed E-state index contributed by atoms with van der Waals surface area (Å²) in [6, 6.07) is 5.38. The van der Waals surface area contributed by atoms with Crippen LogP contribution in [0, 0.1) is 0 Å². The van der Waals surface area contributed by atoms with Gasteiger partial charge >= 0.3 is 5.97 Å². The summed E-state index contributed by atoms with van der Waals surface area (Å²) in [5.74, 6) is -0.317. The maximum Gasteiger partial charge on any atom is 0.337 e. The number of ether oxygens (including phenoxy) is 1. The van der Waals surface area contributed by atoms with E-state index in [1.807, 2.05) is 6.07 Å². The molecule has 0 unspecified atom stereocenters. The molecule has 0 spiro atoms. The summed E-state index contributed by atoms with van der Waals surface area (Å²) in [6.07, 6.45) is 1.65. The molecule has 0 bridgehead atoms. The topological polar surface area (TPSA) is 50.7 Å². The molecule has 4 nitrogen and oxygen atoms in total. The van der Waals surface area contributed by atoms with Crippen molar-refractivity contribution < 1.29 is 9.53 Å². The maximum atomic E-state index is 11.2. The van der Waals surface area contributed by atoms with Gasteiger partial charge in [0.1, 0.15) is 0 Å². The van der Waals surface area contributed by atoms with Crippen molar-refractivity contribution in [1.82, 2.24) is 0 Å². The molecule has 1 aromatic rings. The Morgan fingerprint density at radius 2 is 2.43 bits per heavy atom. The van der Waals surface area contributed by atoms with Crippen LogP contribution in [-0.4, -0.2) is 19.4 Å². The summed E-state index contributed by atoms with van der Waals surface area (Å²) in [5.41, 5.74) is 2.56. The molecule has 2 rings (SSSR count). The van der Waals surface area contributed by atoms with Crippen molar-refractivity contribution in [3.63, 3.8) is 0 Å². The number of fused-ring (bicyclic) bond motifs is 1. The summed E-state index contributed by atoms with van der Waals surface area (Å²) in [6.45, 7) is 0.604. The molecule has 1 aromatic carbocycles. The van der Waals surface area contributed by atoms with Crippen LogP contribution in [0.4, 0.5) is 5.69 Å². The second-order valence-corrected chi connectivity index (χ2v) is 2.98. The lowest BCUT2D eigenvalue weighted by molar-refractivity contribution is 0.0600. The van der Waals surface area contributed by atoms with Crippen LogP contribution >= 0.6 is 0 Å². The molecule has 0 aromatic heterocycles. The fourth-order valence-electron chi connectivity index (χ4n) is 1.37. The van der Waals surface area contributed by atoms with Crippen molar-refractivity contribution in [3.8, 4) is 0 Å². The van der Waals surface area contributed by atoms with E-state index < -0.39 is 0 Å². The third-order valence-electron chi connectivity index (χ3n) is 2.10. The number of nitrogens with one attached hydrogen (secondary N) is 1. The highest BCUT2D eigenvalue weighted by molar-refractivity contribution is 5.91. The van der Waals surface area contributed by atoms with E-state index in [-0.39, 0.29) is 5.97 Å². The van der Waals surface area contributed by atoms with Crippen molar-refractivity contribution in [2.24, 2.45) is 4.99 Å². The van der Waals surface area contributed by atoms with Gasteiger partial charge in [-0.05, 0) is 23.8 Å². The third kappa shape index (κ3) is 1.46. The molecule has 14 heavy (non-hydrogen) atoms. The average molecular weight is 190 g/mol.